The molecule has 1 aromatic carbocycles. The molecule has 4 N–H and O–H groups in total. The van der Waals surface area contributed by atoms with Crippen LogP contribution >= 0.6 is 0 Å². The maximum Gasteiger partial charge on any atom is 0.0648 e. The van der Waals surface area contributed by atoms with Gasteiger partial charge in [0.1, 0.15) is 0 Å². The van der Waals surface area contributed by atoms with Crippen LogP contribution in [0.1, 0.15) is 19.8 Å². The first-order valence-electron chi connectivity index (χ1n) is 7.99. The molecule has 3 heteroatoms. The van der Waals surface area contributed by atoms with Crippen molar-refractivity contribution in [2.75, 3.05) is 4.90 Å². The summed E-state index contributed by atoms with van der Waals surface area (Å²) in [4.78, 5) is 2.08. The molecule has 0 bridgehead atoms. The number of para-hydroxylation sites is 1. The van der Waals surface area contributed by atoms with Gasteiger partial charge in [0.25, 0.3) is 0 Å². The van der Waals surface area contributed by atoms with Crippen LogP contribution in [0.25, 0.3) is 0 Å². The Hall–Kier alpha value is -2.94. The number of nitrogens with two attached hydrogens (primary N) is 2. The summed E-state index contributed by atoms with van der Waals surface area (Å²) in [5.74, 6) is 0. The van der Waals surface area contributed by atoms with Crippen molar-refractivity contribution in [1.82, 2.24) is 0 Å². The van der Waals surface area contributed by atoms with Gasteiger partial charge in [0, 0.05) is 17.1 Å². The molecule has 124 valence electrons. The minimum Gasteiger partial charge on any atom is -0.405 e. The summed E-state index contributed by atoms with van der Waals surface area (Å²) < 4.78 is 0. The first-order valence-corrected chi connectivity index (χ1v) is 7.99. The van der Waals surface area contributed by atoms with Crippen LogP contribution in [0.3, 0.4) is 0 Å². The van der Waals surface area contributed by atoms with Gasteiger partial charge in [-0.3, -0.25) is 0 Å². The summed E-state index contributed by atoms with van der Waals surface area (Å²) >= 11 is 0. The Kier molecular flexibility index (Phi) is 5.85. The maximum atomic E-state index is 6.34. The summed E-state index contributed by atoms with van der Waals surface area (Å²) in [6.45, 7) is 10.2. The molecule has 0 fully saturated rings. The van der Waals surface area contributed by atoms with Crippen LogP contribution in [-0.4, -0.2) is 0 Å². The van der Waals surface area contributed by atoms with E-state index in [4.69, 9.17) is 11.5 Å². The number of allylic oxidation sites excluding steroid dienone is 6. The van der Waals surface area contributed by atoms with E-state index in [0.717, 1.165) is 41.2 Å². The summed E-state index contributed by atoms with van der Waals surface area (Å²) in [7, 11) is 0. The SMILES string of the molecule is C=C/C=C(\C=C/N)C(=C)N(C1=C(N)CCC(C)=C1)c1ccccc1. The van der Waals surface area contributed by atoms with Crippen molar-refractivity contribution in [3.63, 3.8) is 0 Å². The first-order chi connectivity index (χ1) is 11.6. The van der Waals surface area contributed by atoms with Gasteiger partial charge in [-0.25, -0.2) is 0 Å². The summed E-state index contributed by atoms with van der Waals surface area (Å²) in [5, 5.41) is 0. The fraction of sp³-hybridized carbons (Fsp3) is 0.143. The summed E-state index contributed by atoms with van der Waals surface area (Å²) in [5.41, 5.74) is 17.8. The van der Waals surface area contributed by atoms with Crippen LogP contribution in [-0.2, 0) is 0 Å². The molecule has 0 unspecified atom stereocenters. The quantitative estimate of drug-likeness (QED) is 0.759. The Balaban J connectivity index is 2.58. The Morgan fingerprint density at radius 1 is 1.21 bits per heavy atom. The van der Waals surface area contributed by atoms with Crippen LogP contribution in [0.4, 0.5) is 5.69 Å². The molecule has 0 amide bonds. The molecule has 0 heterocycles. The van der Waals surface area contributed by atoms with E-state index < -0.39 is 0 Å². The third-order valence-electron chi connectivity index (χ3n) is 3.93. The Morgan fingerprint density at radius 2 is 1.92 bits per heavy atom. The van der Waals surface area contributed by atoms with Crippen molar-refractivity contribution < 1.29 is 0 Å². The van der Waals surface area contributed by atoms with Crippen molar-refractivity contribution >= 4 is 5.69 Å². The molecule has 2 rings (SSSR count). The van der Waals surface area contributed by atoms with E-state index in [0.29, 0.717) is 0 Å². The third kappa shape index (κ3) is 3.87. The maximum absolute atomic E-state index is 6.34. The first kappa shape index (κ1) is 17.4. The van der Waals surface area contributed by atoms with E-state index in [1.165, 1.54) is 11.8 Å². The van der Waals surface area contributed by atoms with Crippen molar-refractivity contribution in [1.29, 1.82) is 0 Å². The minimum atomic E-state index is 0.798. The Bertz CT molecular complexity index is 734. The number of nitrogens with zero attached hydrogens (tertiary/aromatic N) is 1. The van der Waals surface area contributed by atoms with Crippen LogP contribution in [0.2, 0.25) is 0 Å². The summed E-state index contributed by atoms with van der Waals surface area (Å²) in [6, 6.07) is 10.1. The Labute approximate surface area is 144 Å². The van der Waals surface area contributed by atoms with E-state index >= 15 is 0 Å². The van der Waals surface area contributed by atoms with Gasteiger partial charge in [-0.15, -0.1) is 0 Å². The molecule has 0 saturated carbocycles. The number of hydrogen-bond acceptors (Lipinski definition) is 3. The predicted octanol–water partition coefficient (Wildman–Crippen LogP) is 4.50. The number of benzene rings is 1. The van der Waals surface area contributed by atoms with Crippen LogP contribution in [0, 0.1) is 0 Å². The highest BCUT2D eigenvalue weighted by Crippen LogP contribution is 2.33. The van der Waals surface area contributed by atoms with Gasteiger partial charge in [-0.1, -0.05) is 49.1 Å². The largest absolute Gasteiger partial charge is 0.405 e. The highest BCUT2D eigenvalue weighted by Gasteiger charge is 2.20. The number of anilines is 1. The second-order valence-electron chi connectivity index (χ2n) is 5.74. The zero-order valence-corrected chi connectivity index (χ0v) is 14.2. The molecule has 0 aliphatic heterocycles. The van der Waals surface area contributed by atoms with E-state index in [2.05, 4.69) is 31.1 Å². The molecule has 0 aromatic heterocycles. The molecular formula is C21H25N3. The fourth-order valence-corrected chi connectivity index (χ4v) is 2.69. The smallest absolute Gasteiger partial charge is 0.0648 e. The van der Waals surface area contributed by atoms with Gasteiger partial charge < -0.3 is 16.4 Å². The van der Waals surface area contributed by atoms with E-state index in [-0.39, 0.29) is 0 Å². The van der Waals surface area contributed by atoms with Gasteiger partial charge in [0.05, 0.1) is 5.70 Å². The average molecular weight is 319 g/mol. The molecule has 1 aromatic rings. The highest BCUT2D eigenvalue weighted by molar-refractivity contribution is 5.66. The van der Waals surface area contributed by atoms with E-state index in [9.17, 15) is 0 Å². The fourth-order valence-electron chi connectivity index (χ4n) is 2.69. The van der Waals surface area contributed by atoms with Crippen molar-refractivity contribution in [2.45, 2.75) is 19.8 Å². The standard InChI is InChI=1S/C21H25N3/c1-4-8-18(13-14-22)17(3)24(19-9-6-5-7-10-19)21-15-16(2)11-12-20(21)23/h4-10,13-15H,1,3,11-12,22-23H2,2H3/b14-13-,18-8+. The second-order valence-corrected chi connectivity index (χ2v) is 5.74. The van der Waals surface area contributed by atoms with Crippen LogP contribution in [0.15, 0.2) is 102 Å². The molecule has 1 aliphatic rings. The third-order valence-corrected chi connectivity index (χ3v) is 3.93. The normalized spacial score (nSPS) is 15.4. The lowest BCUT2D eigenvalue weighted by Crippen LogP contribution is -2.26. The van der Waals surface area contributed by atoms with Crippen molar-refractivity contribution in [2.24, 2.45) is 11.5 Å². The zero-order valence-electron chi connectivity index (χ0n) is 14.2. The van der Waals surface area contributed by atoms with Crippen molar-refractivity contribution in [3.8, 4) is 0 Å². The van der Waals surface area contributed by atoms with Gasteiger partial charge in [-0.2, -0.15) is 0 Å². The molecular weight excluding hydrogens is 294 g/mol. The molecule has 0 atom stereocenters. The molecule has 3 nitrogen and oxygen atoms in total. The molecule has 24 heavy (non-hydrogen) atoms. The highest BCUT2D eigenvalue weighted by atomic mass is 15.2. The van der Waals surface area contributed by atoms with Gasteiger partial charge in [-0.05, 0) is 55.8 Å². The monoisotopic (exact) mass is 319 g/mol. The molecule has 1 aliphatic carbocycles. The van der Waals surface area contributed by atoms with E-state index in [1.54, 1.807) is 6.08 Å². The number of rotatable bonds is 6. The second kappa shape index (κ2) is 8.06. The molecule has 0 saturated heterocycles. The predicted molar refractivity (Wildman–Crippen MR) is 104 cm³/mol. The molecule has 0 radical (unpaired) electrons. The van der Waals surface area contributed by atoms with E-state index in [1.807, 2.05) is 42.5 Å². The lowest BCUT2D eigenvalue weighted by Gasteiger charge is -2.32. The Morgan fingerprint density at radius 3 is 2.54 bits per heavy atom. The average Bonchev–Trinajstić information content (AvgIpc) is 2.59. The molecule has 0 spiro atoms. The topological polar surface area (TPSA) is 55.3 Å². The van der Waals surface area contributed by atoms with Crippen LogP contribution < -0.4 is 16.4 Å². The number of hydrogen-bond donors (Lipinski definition) is 2. The van der Waals surface area contributed by atoms with Gasteiger partial charge >= 0.3 is 0 Å². The minimum absolute atomic E-state index is 0.798. The summed E-state index contributed by atoms with van der Waals surface area (Å²) in [6.07, 6.45) is 10.9. The lowest BCUT2D eigenvalue weighted by atomic mass is 9.99. The van der Waals surface area contributed by atoms with Gasteiger partial charge in [0.2, 0.25) is 0 Å². The zero-order chi connectivity index (χ0) is 17.5. The lowest BCUT2D eigenvalue weighted by molar-refractivity contribution is 0.856. The van der Waals surface area contributed by atoms with Crippen LogP contribution in [0.5, 0.6) is 0 Å². The van der Waals surface area contributed by atoms with Crippen molar-refractivity contribution in [3.05, 3.63) is 102 Å². The van der Waals surface area contributed by atoms with Gasteiger partial charge in [0.15, 0.2) is 0 Å².